The predicted octanol–water partition coefficient (Wildman–Crippen LogP) is 4.71. The fraction of sp³-hybridized carbons (Fsp3) is 0.0667. The number of nitrogens with zero attached hydrogens (tertiary/aromatic N) is 2. The Morgan fingerprint density at radius 1 is 1.14 bits per heavy atom. The van der Waals surface area contributed by atoms with Gasteiger partial charge in [-0.15, -0.1) is 0 Å². The Balaban J connectivity index is 2.03. The Bertz CT molecular complexity index is 750. The van der Waals surface area contributed by atoms with Crippen LogP contribution in [0.1, 0.15) is 5.56 Å². The highest BCUT2D eigenvalue weighted by Crippen LogP contribution is 2.30. The molecule has 0 saturated carbocycles. The van der Waals surface area contributed by atoms with Gasteiger partial charge in [0.25, 0.3) is 5.89 Å². The summed E-state index contributed by atoms with van der Waals surface area (Å²) in [5, 5.41) is 4.60. The van der Waals surface area contributed by atoms with Crippen LogP contribution in [0.25, 0.3) is 22.8 Å². The first-order valence-corrected chi connectivity index (χ1v) is 7.37. The minimum atomic E-state index is 0.376. The summed E-state index contributed by atoms with van der Waals surface area (Å²) in [6.45, 7) is 1.99. The van der Waals surface area contributed by atoms with E-state index in [1.165, 1.54) is 0 Å². The largest absolute Gasteiger partial charge is 0.398 e. The zero-order valence-corrected chi connectivity index (χ0v) is 13.4. The summed E-state index contributed by atoms with van der Waals surface area (Å²) in [5.74, 6) is 0.908. The second-order valence-electron chi connectivity index (χ2n) is 4.61. The quantitative estimate of drug-likeness (QED) is 0.669. The molecule has 4 nitrogen and oxygen atoms in total. The van der Waals surface area contributed by atoms with E-state index in [1.54, 1.807) is 18.2 Å². The van der Waals surface area contributed by atoms with Gasteiger partial charge in [-0.3, -0.25) is 0 Å². The van der Waals surface area contributed by atoms with Crippen LogP contribution in [-0.2, 0) is 0 Å². The standard InChI is InChI=1S/C15H11BrClN3O/c1-8-6-9(16)2-4-11(8)14-19-15(21-20-14)12-5-3-10(17)7-13(12)18/h2-7H,18H2,1H3. The SMILES string of the molecule is Cc1cc(Br)ccc1-c1noc(-c2ccc(Cl)cc2N)n1. The Morgan fingerprint density at radius 3 is 2.62 bits per heavy atom. The Morgan fingerprint density at radius 2 is 1.90 bits per heavy atom. The molecule has 0 aliphatic heterocycles. The molecule has 0 unspecified atom stereocenters. The van der Waals surface area contributed by atoms with Crippen molar-refractivity contribution < 1.29 is 4.52 Å². The van der Waals surface area contributed by atoms with E-state index in [0.29, 0.717) is 28.0 Å². The van der Waals surface area contributed by atoms with Crippen molar-refractivity contribution >= 4 is 33.2 Å². The van der Waals surface area contributed by atoms with E-state index < -0.39 is 0 Å². The maximum atomic E-state index is 5.93. The predicted molar refractivity (Wildman–Crippen MR) is 87.0 cm³/mol. The van der Waals surface area contributed by atoms with Crippen LogP contribution in [0.2, 0.25) is 5.02 Å². The van der Waals surface area contributed by atoms with Crippen LogP contribution in [-0.4, -0.2) is 10.1 Å². The summed E-state index contributed by atoms with van der Waals surface area (Å²) in [6, 6.07) is 11.0. The van der Waals surface area contributed by atoms with Gasteiger partial charge in [-0.25, -0.2) is 0 Å². The normalized spacial score (nSPS) is 10.8. The van der Waals surface area contributed by atoms with E-state index in [0.717, 1.165) is 15.6 Å². The molecule has 0 bridgehead atoms. The number of aromatic nitrogens is 2. The van der Waals surface area contributed by atoms with Gasteiger partial charge >= 0.3 is 0 Å². The van der Waals surface area contributed by atoms with Crippen molar-refractivity contribution in [3.63, 3.8) is 0 Å². The van der Waals surface area contributed by atoms with Crippen molar-refractivity contribution in [2.45, 2.75) is 6.92 Å². The molecule has 3 aromatic rings. The highest BCUT2D eigenvalue weighted by Gasteiger charge is 2.14. The molecule has 0 spiro atoms. The van der Waals surface area contributed by atoms with Crippen LogP contribution in [0.15, 0.2) is 45.4 Å². The number of hydrogen-bond acceptors (Lipinski definition) is 4. The number of benzene rings is 2. The maximum Gasteiger partial charge on any atom is 0.260 e. The number of rotatable bonds is 2. The minimum Gasteiger partial charge on any atom is -0.398 e. The van der Waals surface area contributed by atoms with Crippen molar-refractivity contribution in [1.82, 2.24) is 10.1 Å². The number of hydrogen-bond donors (Lipinski definition) is 1. The first-order valence-electron chi connectivity index (χ1n) is 6.20. The number of aryl methyl sites for hydroxylation is 1. The molecule has 0 aliphatic rings. The first kappa shape index (κ1) is 14.1. The molecule has 0 fully saturated rings. The molecule has 6 heteroatoms. The summed E-state index contributed by atoms with van der Waals surface area (Å²) in [5.41, 5.74) is 9.09. The molecule has 0 atom stereocenters. The molecule has 0 radical (unpaired) electrons. The van der Waals surface area contributed by atoms with Crippen molar-refractivity contribution in [3.8, 4) is 22.8 Å². The van der Waals surface area contributed by atoms with Crippen LogP contribution in [0.4, 0.5) is 5.69 Å². The summed E-state index contributed by atoms with van der Waals surface area (Å²) in [6.07, 6.45) is 0. The van der Waals surface area contributed by atoms with Crippen molar-refractivity contribution in [1.29, 1.82) is 0 Å². The van der Waals surface area contributed by atoms with Gasteiger partial charge in [0.2, 0.25) is 5.82 Å². The molecule has 3 rings (SSSR count). The van der Waals surface area contributed by atoms with Gasteiger partial charge in [-0.2, -0.15) is 4.98 Å². The third-order valence-electron chi connectivity index (χ3n) is 3.10. The van der Waals surface area contributed by atoms with E-state index in [9.17, 15) is 0 Å². The molecule has 2 N–H and O–H groups in total. The van der Waals surface area contributed by atoms with E-state index in [4.69, 9.17) is 21.9 Å². The van der Waals surface area contributed by atoms with E-state index in [-0.39, 0.29) is 0 Å². The molecule has 1 heterocycles. The second kappa shape index (κ2) is 5.50. The number of halogens is 2. The lowest BCUT2D eigenvalue weighted by atomic mass is 10.1. The highest BCUT2D eigenvalue weighted by atomic mass is 79.9. The number of nitrogen functional groups attached to an aromatic ring is 1. The average molecular weight is 365 g/mol. The minimum absolute atomic E-state index is 0.376. The topological polar surface area (TPSA) is 64.9 Å². The Labute approximate surface area is 135 Å². The summed E-state index contributed by atoms with van der Waals surface area (Å²) in [7, 11) is 0. The average Bonchev–Trinajstić information content (AvgIpc) is 2.87. The van der Waals surface area contributed by atoms with Gasteiger partial charge in [0.1, 0.15) is 0 Å². The van der Waals surface area contributed by atoms with Gasteiger partial charge in [-0.1, -0.05) is 32.7 Å². The van der Waals surface area contributed by atoms with Crippen LogP contribution in [0.5, 0.6) is 0 Å². The maximum absolute atomic E-state index is 5.93. The lowest BCUT2D eigenvalue weighted by molar-refractivity contribution is 0.432. The molecule has 0 amide bonds. The monoisotopic (exact) mass is 363 g/mol. The van der Waals surface area contributed by atoms with Crippen LogP contribution in [0, 0.1) is 6.92 Å². The third-order valence-corrected chi connectivity index (χ3v) is 3.83. The lowest BCUT2D eigenvalue weighted by Gasteiger charge is -2.01. The molecule has 2 aromatic carbocycles. The molecular weight excluding hydrogens is 354 g/mol. The van der Waals surface area contributed by atoms with Crippen LogP contribution >= 0.6 is 27.5 Å². The molecular formula is C15H11BrClN3O. The number of nitrogens with two attached hydrogens (primary N) is 1. The van der Waals surface area contributed by atoms with Gasteiger partial charge < -0.3 is 10.3 Å². The zero-order valence-electron chi connectivity index (χ0n) is 11.1. The fourth-order valence-corrected chi connectivity index (χ4v) is 2.70. The zero-order chi connectivity index (χ0) is 15.0. The summed E-state index contributed by atoms with van der Waals surface area (Å²) in [4.78, 5) is 4.42. The first-order chi connectivity index (χ1) is 10.0. The van der Waals surface area contributed by atoms with E-state index in [2.05, 4.69) is 26.1 Å². The van der Waals surface area contributed by atoms with Crippen molar-refractivity contribution in [2.75, 3.05) is 5.73 Å². The van der Waals surface area contributed by atoms with Gasteiger partial charge in [0, 0.05) is 20.7 Å². The van der Waals surface area contributed by atoms with Crippen molar-refractivity contribution in [2.24, 2.45) is 0 Å². The van der Waals surface area contributed by atoms with E-state index in [1.807, 2.05) is 25.1 Å². The second-order valence-corrected chi connectivity index (χ2v) is 5.97. The van der Waals surface area contributed by atoms with Crippen LogP contribution < -0.4 is 5.73 Å². The molecule has 0 aliphatic carbocycles. The third kappa shape index (κ3) is 2.80. The Kier molecular flexibility index (Phi) is 3.69. The van der Waals surface area contributed by atoms with Crippen LogP contribution in [0.3, 0.4) is 0 Å². The number of anilines is 1. The molecule has 21 heavy (non-hydrogen) atoms. The van der Waals surface area contributed by atoms with E-state index >= 15 is 0 Å². The van der Waals surface area contributed by atoms with Gasteiger partial charge in [0.05, 0.1) is 5.56 Å². The van der Waals surface area contributed by atoms with Crippen molar-refractivity contribution in [3.05, 3.63) is 51.5 Å². The smallest absolute Gasteiger partial charge is 0.260 e. The van der Waals surface area contributed by atoms with Gasteiger partial charge in [0.15, 0.2) is 0 Å². The van der Waals surface area contributed by atoms with Gasteiger partial charge in [-0.05, 0) is 48.9 Å². The summed E-state index contributed by atoms with van der Waals surface area (Å²) >= 11 is 9.32. The summed E-state index contributed by atoms with van der Waals surface area (Å²) < 4.78 is 6.32. The molecule has 0 saturated heterocycles. The Hall–Kier alpha value is -1.85. The highest BCUT2D eigenvalue weighted by molar-refractivity contribution is 9.10. The molecule has 1 aromatic heterocycles. The fourth-order valence-electron chi connectivity index (χ4n) is 2.05. The lowest BCUT2D eigenvalue weighted by Crippen LogP contribution is -1.90. The molecule has 106 valence electrons.